The fourth-order valence-electron chi connectivity index (χ4n) is 7.79. The second kappa shape index (κ2) is 5.38. The van der Waals surface area contributed by atoms with Crippen LogP contribution in [0.3, 0.4) is 0 Å². The van der Waals surface area contributed by atoms with Crippen LogP contribution in [0.1, 0.15) is 84.5 Å². The van der Waals surface area contributed by atoms with Gasteiger partial charge in [0, 0.05) is 0 Å². The summed E-state index contributed by atoms with van der Waals surface area (Å²) in [5.74, 6) is 5.20. The first-order chi connectivity index (χ1) is 10.6. The van der Waals surface area contributed by atoms with E-state index in [2.05, 4.69) is 26.5 Å². The van der Waals surface area contributed by atoms with E-state index in [-0.39, 0.29) is 0 Å². The summed E-state index contributed by atoms with van der Waals surface area (Å²) in [5.41, 5.74) is 1.41. The minimum absolute atomic E-state index is 0.685. The van der Waals surface area contributed by atoms with Crippen molar-refractivity contribution < 1.29 is 0 Å². The summed E-state index contributed by atoms with van der Waals surface area (Å²) in [4.78, 5) is 0. The fraction of sp³-hybridized carbons (Fsp3) is 0.909. The van der Waals surface area contributed by atoms with Crippen LogP contribution >= 0.6 is 0 Å². The average Bonchev–Trinajstić information content (AvgIpc) is 2.89. The van der Waals surface area contributed by atoms with Crippen LogP contribution in [0.25, 0.3) is 0 Å². The molecule has 0 aromatic carbocycles. The molecule has 0 aliphatic heterocycles. The predicted octanol–water partition coefficient (Wildman–Crippen LogP) is 6.61. The van der Waals surface area contributed by atoms with Gasteiger partial charge in [0.2, 0.25) is 0 Å². The van der Waals surface area contributed by atoms with E-state index < -0.39 is 0 Å². The average molecular weight is 301 g/mol. The van der Waals surface area contributed by atoms with Crippen molar-refractivity contribution in [1.82, 2.24) is 0 Å². The highest BCUT2D eigenvalue weighted by Gasteiger charge is 2.57. The van der Waals surface area contributed by atoms with E-state index in [1.165, 1.54) is 51.4 Å². The summed E-state index contributed by atoms with van der Waals surface area (Å²) in [6, 6.07) is 0. The van der Waals surface area contributed by atoms with Gasteiger partial charge in [-0.1, -0.05) is 26.3 Å². The highest BCUT2D eigenvalue weighted by molar-refractivity contribution is 5.07. The van der Waals surface area contributed by atoms with E-state index >= 15 is 0 Å². The Kier molecular flexibility index (Phi) is 3.74. The molecule has 0 amide bonds. The lowest BCUT2D eigenvalue weighted by atomic mass is 9.44. The van der Waals surface area contributed by atoms with E-state index in [1.54, 1.807) is 19.3 Å². The maximum absolute atomic E-state index is 3.99. The third-order valence-corrected chi connectivity index (χ3v) is 9.06. The van der Waals surface area contributed by atoms with Crippen molar-refractivity contribution in [3.8, 4) is 0 Å². The fourth-order valence-corrected chi connectivity index (χ4v) is 7.79. The van der Waals surface area contributed by atoms with Crippen molar-refractivity contribution >= 4 is 0 Å². The van der Waals surface area contributed by atoms with Gasteiger partial charge in [0.1, 0.15) is 0 Å². The van der Waals surface area contributed by atoms with Crippen molar-refractivity contribution in [2.75, 3.05) is 0 Å². The molecule has 2 unspecified atom stereocenters. The second-order valence-corrected chi connectivity index (χ2v) is 9.91. The molecule has 0 N–H and O–H groups in total. The molecular formula is C22H36. The highest BCUT2D eigenvalue weighted by atomic mass is 14.6. The molecule has 0 bridgehead atoms. The molecular weight excluding hydrogens is 264 g/mol. The first kappa shape index (κ1) is 15.3. The van der Waals surface area contributed by atoms with Crippen molar-refractivity contribution in [1.29, 1.82) is 0 Å². The van der Waals surface area contributed by atoms with Crippen LogP contribution in [-0.2, 0) is 0 Å². The number of allylic oxidation sites excluding steroid dienone is 1. The lowest BCUT2D eigenvalue weighted by molar-refractivity contribution is -0.111. The molecule has 0 aromatic rings. The zero-order valence-electron chi connectivity index (χ0n) is 14.9. The Morgan fingerprint density at radius 1 is 0.955 bits per heavy atom. The molecule has 4 aliphatic carbocycles. The van der Waals surface area contributed by atoms with Gasteiger partial charge in [0.15, 0.2) is 0 Å². The van der Waals surface area contributed by atoms with Crippen molar-refractivity contribution in [3.63, 3.8) is 0 Å². The number of fused-ring (bicyclic) bond motifs is 5. The van der Waals surface area contributed by atoms with Gasteiger partial charge in [-0.05, 0) is 105 Å². The third-order valence-electron chi connectivity index (χ3n) is 9.06. The molecule has 4 rings (SSSR count). The van der Waals surface area contributed by atoms with Crippen LogP contribution in [0.2, 0.25) is 0 Å². The summed E-state index contributed by atoms with van der Waals surface area (Å²) in [6.07, 6.45) is 18.7. The number of rotatable bonds is 2. The molecule has 4 fully saturated rings. The topological polar surface area (TPSA) is 0 Å². The molecule has 0 saturated heterocycles. The minimum Gasteiger partial charge on any atom is -0.103 e. The van der Waals surface area contributed by atoms with Crippen LogP contribution < -0.4 is 0 Å². The molecule has 0 aromatic heterocycles. The maximum Gasteiger partial charge on any atom is -0.0266 e. The summed E-state index contributed by atoms with van der Waals surface area (Å²) in [6.45, 7) is 9.33. The molecule has 124 valence electrons. The number of hydrogen-bond acceptors (Lipinski definition) is 0. The summed E-state index contributed by atoms with van der Waals surface area (Å²) >= 11 is 0. The van der Waals surface area contributed by atoms with Gasteiger partial charge in [-0.25, -0.2) is 0 Å². The summed E-state index contributed by atoms with van der Waals surface area (Å²) in [5, 5.41) is 0. The Labute approximate surface area is 138 Å². The van der Waals surface area contributed by atoms with E-state index in [0.29, 0.717) is 5.41 Å². The van der Waals surface area contributed by atoms with Crippen LogP contribution in [0.5, 0.6) is 0 Å². The number of hydrogen-bond donors (Lipinski definition) is 0. The van der Waals surface area contributed by atoms with E-state index in [0.717, 1.165) is 35.0 Å². The standard InChI is InChI=1S/C22H36/c1-4-6-16-10-14-22(3)17(15-16)8-9-18-19-7-5-12-21(19,2)13-11-20(18)22/h4,16-20H,1,5-15H2,2-3H3/t16?,17?,18-,19-,20-,21-,22-/m0/s1. The monoisotopic (exact) mass is 300 g/mol. The van der Waals surface area contributed by atoms with E-state index in [9.17, 15) is 0 Å². The third kappa shape index (κ3) is 2.15. The highest BCUT2D eigenvalue weighted by Crippen LogP contribution is 2.66. The van der Waals surface area contributed by atoms with Gasteiger partial charge < -0.3 is 0 Å². The largest absolute Gasteiger partial charge is 0.103 e. The molecule has 0 nitrogen and oxygen atoms in total. The molecule has 0 heteroatoms. The van der Waals surface area contributed by atoms with Crippen LogP contribution in [-0.4, -0.2) is 0 Å². The van der Waals surface area contributed by atoms with Gasteiger partial charge in [-0.15, -0.1) is 6.58 Å². The van der Waals surface area contributed by atoms with Gasteiger partial charge >= 0.3 is 0 Å². The van der Waals surface area contributed by atoms with Crippen LogP contribution in [0, 0.1) is 40.4 Å². The molecule has 0 spiro atoms. The Morgan fingerprint density at radius 3 is 2.64 bits per heavy atom. The molecule has 4 aliphatic rings. The minimum atomic E-state index is 0.685. The molecule has 4 saturated carbocycles. The van der Waals surface area contributed by atoms with Gasteiger partial charge in [0.05, 0.1) is 0 Å². The summed E-state index contributed by atoms with van der Waals surface area (Å²) < 4.78 is 0. The van der Waals surface area contributed by atoms with Crippen LogP contribution in [0.4, 0.5) is 0 Å². The maximum atomic E-state index is 3.99. The van der Waals surface area contributed by atoms with E-state index in [4.69, 9.17) is 0 Å². The van der Waals surface area contributed by atoms with E-state index in [1.807, 2.05) is 0 Å². The smallest absolute Gasteiger partial charge is 0.0266 e. The Morgan fingerprint density at radius 2 is 1.82 bits per heavy atom. The van der Waals surface area contributed by atoms with Crippen molar-refractivity contribution in [2.45, 2.75) is 84.5 Å². The second-order valence-electron chi connectivity index (χ2n) is 9.91. The van der Waals surface area contributed by atoms with Crippen molar-refractivity contribution in [3.05, 3.63) is 12.7 Å². The normalized spacial score (nSPS) is 54.2. The lowest BCUT2D eigenvalue weighted by Gasteiger charge is -2.60. The quantitative estimate of drug-likeness (QED) is 0.503. The van der Waals surface area contributed by atoms with Gasteiger partial charge in [0.25, 0.3) is 0 Å². The van der Waals surface area contributed by atoms with Gasteiger partial charge in [-0.2, -0.15) is 0 Å². The van der Waals surface area contributed by atoms with Crippen LogP contribution in [0.15, 0.2) is 12.7 Å². The lowest BCUT2D eigenvalue weighted by Crippen LogP contribution is -2.52. The first-order valence-electron chi connectivity index (χ1n) is 10.2. The zero-order valence-corrected chi connectivity index (χ0v) is 14.9. The van der Waals surface area contributed by atoms with Crippen molar-refractivity contribution in [2.24, 2.45) is 40.4 Å². The zero-order chi connectivity index (χ0) is 15.4. The predicted molar refractivity (Wildman–Crippen MR) is 94.6 cm³/mol. The molecule has 7 atom stereocenters. The Balaban J connectivity index is 1.55. The summed E-state index contributed by atoms with van der Waals surface area (Å²) in [7, 11) is 0. The Hall–Kier alpha value is -0.260. The molecule has 22 heavy (non-hydrogen) atoms. The molecule has 0 radical (unpaired) electrons. The Bertz CT molecular complexity index is 437. The SMILES string of the molecule is C=CCC1CC[C@@]2(C)C(CC[C@H]3[C@@H]4CCC[C@@]4(C)CC[C@@H]32)C1. The molecule has 0 heterocycles. The first-order valence-corrected chi connectivity index (χ1v) is 10.2. The van der Waals surface area contributed by atoms with Gasteiger partial charge in [-0.3, -0.25) is 0 Å².